The summed E-state index contributed by atoms with van der Waals surface area (Å²) < 4.78 is 9.68. The van der Waals surface area contributed by atoms with E-state index >= 15 is 0 Å². The van der Waals surface area contributed by atoms with Crippen molar-refractivity contribution in [2.45, 2.75) is 26.3 Å². The maximum Gasteiger partial charge on any atom is 0.513 e. The van der Waals surface area contributed by atoms with Crippen LogP contribution in [0.4, 0.5) is 10.5 Å². The molecule has 2 aromatic carbocycles. The highest BCUT2D eigenvalue weighted by Gasteiger charge is 2.17. The number of allylic oxidation sites excluding steroid dienone is 1. The standard InChI is InChI=1S/C23H24N2O5/c1-2-29-23(28)30-20-11-9-18(10-12-20)22(27)25-19-5-3-4-17(14-19)15-24-21(26)13-8-16-6-7-16/h3-5,8-14,16H,2,6-7,15H2,1H3,(H,24,26)(H,25,27)/b13-8+. The normalized spacial score (nSPS) is 13.0. The lowest BCUT2D eigenvalue weighted by molar-refractivity contribution is -0.116. The van der Waals surface area contributed by atoms with Gasteiger partial charge < -0.3 is 20.1 Å². The third-order valence-electron chi connectivity index (χ3n) is 4.37. The Morgan fingerprint density at radius 1 is 1.10 bits per heavy atom. The van der Waals surface area contributed by atoms with Gasteiger partial charge >= 0.3 is 6.16 Å². The summed E-state index contributed by atoms with van der Waals surface area (Å²) in [5.74, 6) is 0.422. The summed E-state index contributed by atoms with van der Waals surface area (Å²) in [6.45, 7) is 2.28. The molecule has 1 aliphatic carbocycles. The summed E-state index contributed by atoms with van der Waals surface area (Å²) in [6.07, 6.45) is 5.05. The molecular formula is C23H24N2O5. The van der Waals surface area contributed by atoms with Crippen LogP contribution in [0.3, 0.4) is 0 Å². The van der Waals surface area contributed by atoms with Gasteiger partial charge in [0.15, 0.2) is 0 Å². The Hall–Kier alpha value is -3.61. The highest BCUT2D eigenvalue weighted by Crippen LogP contribution is 2.29. The van der Waals surface area contributed by atoms with Crippen LogP contribution in [0.15, 0.2) is 60.7 Å². The molecule has 0 atom stereocenters. The summed E-state index contributed by atoms with van der Waals surface area (Å²) in [5, 5.41) is 5.65. The molecule has 0 heterocycles. The molecule has 156 valence electrons. The molecule has 7 nitrogen and oxygen atoms in total. The summed E-state index contributed by atoms with van der Waals surface area (Å²) >= 11 is 0. The lowest BCUT2D eigenvalue weighted by Crippen LogP contribution is -2.20. The molecule has 0 saturated heterocycles. The predicted octanol–water partition coefficient (Wildman–Crippen LogP) is 4.06. The van der Waals surface area contributed by atoms with E-state index in [9.17, 15) is 14.4 Å². The van der Waals surface area contributed by atoms with Gasteiger partial charge in [0.1, 0.15) is 5.75 Å². The number of nitrogens with one attached hydrogen (secondary N) is 2. The Kier molecular flexibility index (Phi) is 7.21. The molecule has 0 unspecified atom stereocenters. The van der Waals surface area contributed by atoms with Gasteiger partial charge in [-0.3, -0.25) is 9.59 Å². The van der Waals surface area contributed by atoms with E-state index in [1.54, 1.807) is 37.3 Å². The molecule has 2 aromatic rings. The zero-order valence-corrected chi connectivity index (χ0v) is 16.7. The molecule has 0 aromatic heterocycles. The molecule has 30 heavy (non-hydrogen) atoms. The van der Waals surface area contributed by atoms with Crippen molar-refractivity contribution >= 4 is 23.7 Å². The number of hydrogen-bond acceptors (Lipinski definition) is 5. The molecule has 1 saturated carbocycles. The third kappa shape index (κ3) is 6.77. The predicted molar refractivity (Wildman–Crippen MR) is 112 cm³/mol. The fraction of sp³-hybridized carbons (Fsp3) is 0.261. The average Bonchev–Trinajstić information content (AvgIpc) is 3.56. The fourth-order valence-electron chi connectivity index (χ4n) is 2.64. The first-order valence-electron chi connectivity index (χ1n) is 9.84. The highest BCUT2D eigenvalue weighted by molar-refractivity contribution is 6.04. The quantitative estimate of drug-likeness (QED) is 0.390. The van der Waals surface area contributed by atoms with Gasteiger partial charge in [0.2, 0.25) is 5.91 Å². The molecule has 0 radical (unpaired) electrons. The molecule has 1 fully saturated rings. The average molecular weight is 408 g/mol. The Morgan fingerprint density at radius 2 is 1.87 bits per heavy atom. The SMILES string of the molecule is CCOC(=O)Oc1ccc(C(=O)Nc2cccc(CNC(=O)/C=C/C3CC3)c2)cc1. The Bertz CT molecular complexity index is 933. The van der Waals surface area contributed by atoms with E-state index in [0.29, 0.717) is 29.5 Å². The van der Waals surface area contributed by atoms with Gasteiger partial charge in [-0.2, -0.15) is 0 Å². The maximum absolute atomic E-state index is 12.5. The van der Waals surface area contributed by atoms with Crippen LogP contribution in [0.2, 0.25) is 0 Å². The molecular weight excluding hydrogens is 384 g/mol. The second kappa shape index (κ2) is 10.2. The minimum atomic E-state index is -0.790. The Labute approximate surface area is 175 Å². The van der Waals surface area contributed by atoms with Gasteiger partial charge in [0.05, 0.1) is 6.61 Å². The van der Waals surface area contributed by atoms with Crippen molar-refractivity contribution in [3.05, 3.63) is 71.8 Å². The van der Waals surface area contributed by atoms with E-state index in [0.717, 1.165) is 18.4 Å². The van der Waals surface area contributed by atoms with Crippen molar-refractivity contribution in [1.82, 2.24) is 5.32 Å². The topological polar surface area (TPSA) is 93.7 Å². The summed E-state index contributed by atoms with van der Waals surface area (Å²) in [4.78, 5) is 35.6. The van der Waals surface area contributed by atoms with E-state index in [1.165, 1.54) is 12.1 Å². The second-order valence-electron chi connectivity index (χ2n) is 6.88. The number of benzene rings is 2. The molecule has 2 amide bonds. The van der Waals surface area contributed by atoms with E-state index < -0.39 is 6.16 Å². The molecule has 2 N–H and O–H groups in total. The first-order chi connectivity index (χ1) is 14.5. The number of carbonyl (C=O) groups is 3. The van der Waals surface area contributed by atoms with Gasteiger partial charge in [-0.1, -0.05) is 18.2 Å². The fourth-order valence-corrected chi connectivity index (χ4v) is 2.64. The van der Waals surface area contributed by atoms with Crippen molar-refractivity contribution in [2.24, 2.45) is 5.92 Å². The zero-order valence-electron chi connectivity index (χ0n) is 16.7. The maximum atomic E-state index is 12.5. The van der Waals surface area contributed by atoms with E-state index in [2.05, 4.69) is 10.6 Å². The van der Waals surface area contributed by atoms with Crippen LogP contribution in [0.5, 0.6) is 5.75 Å². The summed E-state index contributed by atoms with van der Waals surface area (Å²) in [6, 6.07) is 13.4. The number of ether oxygens (including phenoxy) is 2. The molecule has 3 rings (SSSR count). The number of anilines is 1. The van der Waals surface area contributed by atoms with Crippen LogP contribution >= 0.6 is 0 Å². The van der Waals surface area contributed by atoms with Crippen molar-refractivity contribution < 1.29 is 23.9 Å². The smallest absolute Gasteiger partial charge is 0.434 e. The minimum absolute atomic E-state index is 0.124. The Balaban J connectivity index is 1.52. The lowest BCUT2D eigenvalue weighted by atomic mass is 10.1. The van der Waals surface area contributed by atoms with Gasteiger partial charge in [-0.15, -0.1) is 0 Å². The first-order valence-corrected chi connectivity index (χ1v) is 9.84. The molecule has 0 aliphatic heterocycles. The van der Waals surface area contributed by atoms with Gasteiger partial charge in [0, 0.05) is 17.8 Å². The number of amides is 2. The van der Waals surface area contributed by atoms with Gasteiger partial charge in [-0.05, 0) is 73.7 Å². The lowest BCUT2D eigenvalue weighted by Gasteiger charge is -2.09. The van der Waals surface area contributed by atoms with E-state index in [-0.39, 0.29) is 18.4 Å². The van der Waals surface area contributed by atoms with Gasteiger partial charge in [0.25, 0.3) is 5.91 Å². The molecule has 1 aliphatic rings. The monoisotopic (exact) mass is 408 g/mol. The molecule has 0 spiro atoms. The summed E-state index contributed by atoms with van der Waals surface area (Å²) in [7, 11) is 0. The van der Waals surface area contributed by atoms with Crippen molar-refractivity contribution in [2.75, 3.05) is 11.9 Å². The number of rotatable bonds is 8. The molecule has 7 heteroatoms. The third-order valence-corrected chi connectivity index (χ3v) is 4.37. The molecule has 0 bridgehead atoms. The second-order valence-corrected chi connectivity index (χ2v) is 6.88. The van der Waals surface area contributed by atoms with Crippen LogP contribution in [0, 0.1) is 5.92 Å². The van der Waals surface area contributed by atoms with Crippen LogP contribution in [-0.4, -0.2) is 24.6 Å². The van der Waals surface area contributed by atoms with Crippen LogP contribution in [-0.2, 0) is 16.1 Å². The zero-order chi connectivity index (χ0) is 21.3. The van der Waals surface area contributed by atoms with Crippen molar-refractivity contribution in [3.63, 3.8) is 0 Å². The van der Waals surface area contributed by atoms with Crippen LogP contribution < -0.4 is 15.4 Å². The summed E-state index contributed by atoms with van der Waals surface area (Å²) in [5.41, 5.74) is 1.90. The minimum Gasteiger partial charge on any atom is -0.434 e. The van der Waals surface area contributed by atoms with Crippen molar-refractivity contribution in [1.29, 1.82) is 0 Å². The first kappa shape index (κ1) is 21.1. The largest absolute Gasteiger partial charge is 0.513 e. The van der Waals surface area contributed by atoms with Crippen molar-refractivity contribution in [3.8, 4) is 5.75 Å². The van der Waals surface area contributed by atoms with Gasteiger partial charge in [-0.25, -0.2) is 4.79 Å². The van der Waals surface area contributed by atoms with Crippen LogP contribution in [0.1, 0.15) is 35.7 Å². The Morgan fingerprint density at radius 3 is 2.57 bits per heavy atom. The number of hydrogen-bond donors (Lipinski definition) is 2. The van der Waals surface area contributed by atoms with E-state index in [1.807, 2.05) is 18.2 Å². The van der Waals surface area contributed by atoms with Crippen LogP contribution in [0.25, 0.3) is 0 Å². The number of carbonyl (C=O) groups excluding carboxylic acids is 3. The van der Waals surface area contributed by atoms with E-state index in [4.69, 9.17) is 9.47 Å². The highest BCUT2D eigenvalue weighted by atomic mass is 16.7.